The van der Waals surface area contributed by atoms with Gasteiger partial charge in [-0.05, 0) is 37.0 Å². The van der Waals surface area contributed by atoms with Crippen LogP contribution >= 0.6 is 23.2 Å². The van der Waals surface area contributed by atoms with E-state index >= 15 is 0 Å². The maximum absolute atomic E-state index is 12.8. The van der Waals surface area contributed by atoms with Gasteiger partial charge in [0.2, 0.25) is 11.8 Å². The molecular weight excluding hydrogens is 453 g/mol. The first-order valence-corrected chi connectivity index (χ1v) is 12.0. The molecule has 2 N–H and O–H groups in total. The van der Waals surface area contributed by atoms with E-state index in [1.165, 1.54) is 6.92 Å². The summed E-state index contributed by atoms with van der Waals surface area (Å²) in [5.74, 6) is -0.0494. The normalized spacial score (nSPS) is 12.7. The zero-order valence-corrected chi connectivity index (χ0v) is 20.8. The van der Waals surface area contributed by atoms with E-state index < -0.39 is 24.0 Å². The summed E-state index contributed by atoms with van der Waals surface area (Å²) in [5, 5.41) is 5.43. The molecule has 2 atom stereocenters. The van der Waals surface area contributed by atoms with Gasteiger partial charge in [-0.15, -0.1) is 23.2 Å². The first-order valence-electron chi connectivity index (χ1n) is 10.9. The minimum Gasteiger partial charge on any atom is -0.464 e. The summed E-state index contributed by atoms with van der Waals surface area (Å²) in [6.07, 6.45) is 0.733. The standard InChI is InChI=1S/C23H35Cl2N3O4/c1-5-32-23(31)21(27-22(30)20(14-16(2)3)26-17(4)29)15-18-6-8-19(9-7-18)28(12-10-24)13-11-25/h6-9,16,20-21H,5,10-15H2,1-4H3,(H,26,29)(H,27,30)/t20-,21-/m0/s1. The van der Waals surface area contributed by atoms with Crippen LogP contribution in [0.2, 0.25) is 0 Å². The Labute approximate surface area is 201 Å². The SMILES string of the molecule is CCOC(=O)[C@H](Cc1ccc(N(CCCl)CCCl)cc1)NC(=O)[C@H](CC(C)C)NC(C)=O. The maximum atomic E-state index is 12.8. The van der Waals surface area contributed by atoms with E-state index in [-0.39, 0.29) is 24.9 Å². The molecule has 9 heteroatoms. The lowest BCUT2D eigenvalue weighted by Crippen LogP contribution is -2.52. The van der Waals surface area contributed by atoms with Crippen molar-refractivity contribution < 1.29 is 19.1 Å². The van der Waals surface area contributed by atoms with Gasteiger partial charge >= 0.3 is 5.97 Å². The summed E-state index contributed by atoms with van der Waals surface area (Å²) in [4.78, 5) is 39.0. The summed E-state index contributed by atoms with van der Waals surface area (Å²) in [6, 6.07) is 6.12. The number of ether oxygens (including phenoxy) is 1. The number of nitrogens with one attached hydrogen (secondary N) is 2. The van der Waals surface area contributed by atoms with Crippen LogP contribution in [0.1, 0.15) is 39.7 Å². The van der Waals surface area contributed by atoms with Crippen molar-refractivity contribution in [3.05, 3.63) is 29.8 Å². The zero-order chi connectivity index (χ0) is 24.1. The van der Waals surface area contributed by atoms with Crippen LogP contribution in [-0.4, -0.2) is 61.3 Å². The first-order chi connectivity index (χ1) is 15.2. The number of alkyl halides is 2. The Morgan fingerprint density at radius 3 is 2.06 bits per heavy atom. The molecule has 0 saturated carbocycles. The highest BCUT2D eigenvalue weighted by Crippen LogP contribution is 2.17. The van der Waals surface area contributed by atoms with Crippen LogP contribution < -0.4 is 15.5 Å². The third kappa shape index (κ3) is 10.1. The second-order valence-corrected chi connectivity index (χ2v) is 8.69. The minimum absolute atomic E-state index is 0.190. The maximum Gasteiger partial charge on any atom is 0.328 e. The highest BCUT2D eigenvalue weighted by Gasteiger charge is 2.27. The lowest BCUT2D eigenvalue weighted by atomic mass is 10.0. The quantitative estimate of drug-likeness (QED) is 0.311. The molecule has 1 aromatic rings. The Bertz CT molecular complexity index is 722. The average Bonchev–Trinajstić information content (AvgIpc) is 2.72. The number of rotatable bonds is 14. The van der Waals surface area contributed by atoms with Crippen LogP contribution in [-0.2, 0) is 25.5 Å². The monoisotopic (exact) mass is 487 g/mol. The van der Waals surface area contributed by atoms with Gasteiger partial charge in [-0.3, -0.25) is 9.59 Å². The molecule has 0 aliphatic rings. The predicted molar refractivity (Wildman–Crippen MR) is 129 cm³/mol. The minimum atomic E-state index is -0.862. The molecule has 180 valence electrons. The second kappa shape index (κ2) is 15.0. The molecule has 0 unspecified atom stereocenters. The fourth-order valence-corrected chi connectivity index (χ4v) is 3.72. The third-order valence-electron chi connectivity index (χ3n) is 4.74. The molecule has 0 saturated heterocycles. The molecule has 7 nitrogen and oxygen atoms in total. The van der Waals surface area contributed by atoms with Crippen molar-refractivity contribution in [3.63, 3.8) is 0 Å². The molecule has 2 amide bonds. The van der Waals surface area contributed by atoms with Gasteiger partial charge in [-0.2, -0.15) is 0 Å². The Morgan fingerprint density at radius 2 is 1.59 bits per heavy atom. The molecule has 0 radical (unpaired) electrons. The van der Waals surface area contributed by atoms with Crippen molar-refractivity contribution in [2.75, 3.05) is 36.4 Å². The van der Waals surface area contributed by atoms with E-state index in [2.05, 4.69) is 15.5 Å². The van der Waals surface area contributed by atoms with Crippen LogP contribution in [0.5, 0.6) is 0 Å². The van der Waals surface area contributed by atoms with E-state index in [1.54, 1.807) is 6.92 Å². The summed E-state index contributed by atoms with van der Waals surface area (Å²) >= 11 is 11.8. The lowest BCUT2D eigenvalue weighted by Gasteiger charge is -2.24. The molecule has 0 aromatic heterocycles. The molecule has 32 heavy (non-hydrogen) atoms. The Morgan fingerprint density at radius 1 is 1.00 bits per heavy atom. The van der Waals surface area contributed by atoms with E-state index in [4.69, 9.17) is 27.9 Å². The van der Waals surface area contributed by atoms with Crippen molar-refractivity contribution in [2.45, 2.75) is 52.6 Å². The van der Waals surface area contributed by atoms with Crippen molar-refractivity contribution in [3.8, 4) is 0 Å². The van der Waals surface area contributed by atoms with Crippen LogP contribution in [0, 0.1) is 5.92 Å². The first kappa shape index (κ1) is 28.0. The molecule has 0 heterocycles. The molecule has 0 aliphatic carbocycles. The number of carbonyl (C=O) groups excluding carboxylic acids is 3. The fraction of sp³-hybridized carbons (Fsp3) is 0.609. The van der Waals surface area contributed by atoms with Crippen LogP contribution in [0.25, 0.3) is 0 Å². The van der Waals surface area contributed by atoms with Gasteiger partial charge in [0.1, 0.15) is 12.1 Å². The number of esters is 1. The molecule has 1 aromatic carbocycles. The number of halogens is 2. The highest BCUT2D eigenvalue weighted by atomic mass is 35.5. The summed E-state index contributed by atoms with van der Waals surface area (Å²) < 4.78 is 5.17. The van der Waals surface area contributed by atoms with Gasteiger partial charge in [0.15, 0.2) is 0 Å². The second-order valence-electron chi connectivity index (χ2n) is 7.93. The van der Waals surface area contributed by atoms with Gasteiger partial charge in [-0.25, -0.2) is 4.79 Å². The molecule has 0 spiro atoms. The summed E-state index contributed by atoms with van der Waals surface area (Å²) in [6.45, 7) is 8.56. The van der Waals surface area contributed by atoms with Crippen molar-refractivity contribution in [2.24, 2.45) is 5.92 Å². The predicted octanol–water partition coefficient (Wildman–Crippen LogP) is 3.11. The smallest absolute Gasteiger partial charge is 0.328 e. The van der Waals surface area contributed by atoms with Crippen LogP contribution in [0.3, 0.4) is 0 Å². The average molecular weight is 488 g/mol. The van der Waals surface area contributed by atoms with Crippen molar-refractivity contribution in [1.82, 2.24) is 10.6 Å². The van der Waals surface area contributed by atoms with E-state index in [1.807, 2.05) is 38.1 Å². The largest absolute Gasteiger partial charge is 0.464 e. The third-order valence-corrected chi connectivity index (χ3v) is 5.08. The van der Waals surface area contributed by atoms with Crippen LogP contribution in [0.15, 0.2) is 24.3 Å². The van der Waals surface area contributed by atoms with E-state index in [0.29, 0.717) is 31.3 Å². The number of amides is 2. The van der Waals surface area contributed by atoms with Crippen molar-refractivity contribution in [1.29, 1.82) is 0 Å². The van der Waals surface area contributed by atoms with Crippen LogP contribution in [0.4, 0.5) is 5.69 Å². The molecule has 1 rings (SSSR count). The molecule has 0 bridgehead atoms. The lowest BCUT2D eigenvalue weighted by molar-refractivity contribution is -0.147. The highest BCUT2D eigenvalue weighted by molar-refractivity contribution is 6.18. The molecule has 0 aliphatic heterocycles. The summed E-state index contributed by atoms with van der Waals surface area (Å²) in [5.41, 5.74) is 1.85. The number of benzene rings is 1. The molecule has 0 fully saturated rings. The Hall–Kier alpha value is -1.99. The number of nitrogens with zero attached hydrogens (tertiary/aromatic N) is 1. The zero-order valence-electron chi connectivity index (χ0n) is 19.3. The van der Waals surface area contributed by atoms with Gasteiger partial charge < -0.3 is 20.3 Å². The van der Waals surface area contributed by atoms with Gasteiger partial charge in [0, 0.05) is 43.9 Å². The van der Waals surface area contributed by atoms with Gasteiger partial charge in [-0.1, -0.05) is 26.0 Å². The number of carbonyl (C=O) groups is 3. The van der Waals surface area contributed by atoms with Gasteiger partial charge in [0.25, 0.3) is 0 Å². The Balaban J connectivity index is 2.98. The number of hydrogen-bond donors (Lipinski definition) is 2. The summed E-state index contributed by atoms with van der Waals surface area (Å²) in [7, 11) is 0. The van der Waals surface area contributed by atoms with Crippen molar-refractivity contribution >= 4 is 46.7 Å². The Kier molecular flexibility index (Phi) is 13.1. The number of hydrogen-bond acceptors (Lipinski definition) is 5. The van der Waals surface area contributed by atoms with E-state index in [9.17, 15) is 14.4 Å². The number of anilines is 1. The van der Waals surface area contributed by atoms with E-state index in [0.717, 1.165) is 11.3 Å². The molecular formula is C23H35Cl2N3O4. The topological polar surface area (TPSA) is 87.7 Å². The fourth-order valence-electron chi connectivity index (χ4n) is 3.31. The van der Waals surface area contributed by atoms with Gasteiger partial charge in [0.05, 0.1) is 6.61 Å².